The maximum atomic E-state index is 11.5. The molecule has 1 nitrogen and oxygen atoms in total. The predicted octanol–water partition coefficient (Wildman–Crippen LogP) is 4.60. The van der Waals surface area contributed by atoms with E-state index < -0.39 is 0 Å². The molecule has 1 aliphatic rings. The predicted molar refractivity (Wildman–Crippen MR) is 69.4 cm³/mol. The summed E-state index contributed by atoms with van der Waals surface area (Å²) in [6.07, 6.45) is 10.3. The third-order valence-electron chi connectivity index (χ3n) is 4.22. The van der Waals surface area contributed by atoms with Gasteiger partial charge in [-0.25, -0.2) is 0 Å². The molecule has 0 aromatic carbocycles. The van der Waals surface area contributed by atoms with Crippen LogP contribution in [0.5, 0.6) is 0 Å². The van der Waals surface area contributed by atoms with E-state index in [2.05, 4.69) is 6.92 Å². The number of hydrogen-bond donors (Lipinski definition) is 0. The largest absolute Gasteiger partial charge is 0.299 e. The third kappa shape index (κ3) is 4.67. The van der Waals surface area contributed by atoms with Gasteiger partial charge < -0.3 is 0 Å². The molecule has 0 unspecified atom stereocenters. The van der Waals surface area contributed by atoms with Gasteiger partial charge in [-0.2, -0.15) is 0 Å². The summed E-state index contributed by atoms with van der Waals surface area (Å²) in [6, 6.07) is 0. The van der Waals surface area contributed by atoms with E-state index in [9.17, 15) is 4.79 Å². The molecule has 0 aromatic heterocycles. The molecule has 1 rings (SSSR count). The van der Waals surface area contributed by atoms with E-state index in [1.54, 1.807) is 0 Å². The third-order valence-corrected chi connectivity index (χ3v) is 4.22. The fourth-order valence-electron chi connectivity index (χ4n) is 2.78. The first-order chi connectivity index (χ1) is 7.63. The van der Waals surface area contributed by atoms with E-state index in [0.29, 0.717) is 5.78 Å². The Kier molecular flexibility index (Phi) is 6.08. The van der Waals surface area contributed by atoms with Crippen LogP contribution in [0.2, 0.25) is 0 Å². The van der Waals surface area contributed by atoms with Gasteiger partial charge in [0.05, 0.1) is 0 Å². The molecule has 94 valence electrons. The van der Waals surface area contributed by atoms with Gasteiger partial charge in [-0.15, -0.1) is 0 Å². The molecule has 1 aliphatic carbocycles. The van der Waals surface area contributed by atoms with Crippen molar-refractivity contribution in [2.45, 2.75) is 72.1 Å². The molecule has 0 aliphatic heterocycles. The van der Waals surface area contributed by atoms with Gasteiger partial charge in [0, 0.05) is 12.3 Å². The van der Waals surface area contributed by atoms with Gasteiger partial charge >= 0.3 is 0 Å². The van der Waals surface area contributed by atoms with Crippen molar-refractivity contribution in [2.75, 3.05) is 0 Å². The minimum absolute atomic E-state index is 0.232. The molecule has 16 heavy (non-hydrogen) atoms. The van der Waals surface area contributed by atoms with Crippen LogP contribution < -0.4 is 0 Å². The zero-order valence-corrected chi connectivity index (χ0v) is 11.3. The fourth-order valence-corrected chi connectivity index (χ4v) is 2.78. The van der Waals surface area contributed by atoms with Gasteiger partial charge in [0.15, 0.2) is 0 Å². The van der Waals surface area contributed by atoms with E-state index in [1.165, 1.54) is 38.5 Å². The van der Waals surface area contributed by atoms with Gasteiger partial charge in [0.2, 0.25) is 0 Å². The molecular formula is C15H28O. The Hall–Kier alpha value is -0.330. The number of rotatable bonds is 6. The number of Topliss-reactive ketones (excluding diaryl/α,β-unsaturated/α-hetero) is 1. The zero-order chi connectivity index (χ0) is 12.0. The molecule has 0 atom stereocenters. The molecule has 1 saturated carbocycles. The lowest BCUT2D eigenvalue weighted by atomic mass is 9.79. The zero-order valence-electron chi connectivity index (χ0n) is 11.3. The van der Waals surface area contributed by atoms with Crippen LogP contribution in [0.4, 0.5) is 0 Å². The van der Waals surface area contributed by atoms with Crippen LogP contribution in [0.1, 0.15) is 72.1 Å². The number of carbonyl (C=O) groups excluding carboxylic acids is 1. The van der Waals surface area contributed by atoms with Crippen LogP contribution in [-0.2, 0) is 4.79 Å². The number of hydrogen-bond acceptors (Lipinski definition) is 1. The molecule has 0 saturated heterocycles. The van der Waals surface area contributed by atoms with E-state index in [4.69, 9.17) is 0 Å². The highest BCUT2D eigenvalue weighted by Crippen LogP contribution is 2.33. The SMILES string of the molecule is CC[C@H]1CC[C@H](CCCC(=O)C(C)C)CC1. The van der Waals surface area contributed by atoms with Crippen molar-refractivity contribution in [1.29, 1.82) is 0 Å². The maximum Gasteiger partial charge on any atom is 0.135 e. The summed E-state index contributed by atoms with van der Waals surface area (Å²) in [7, 11) is 0. The lowest BCUT2D eigenvalue weighted by Gasteiger charge is -2.27. The van der Waals surface area contributed by atoms with Crippen molar-refractivity contribution in [3.05, 3.63) is 0 Å². The summed E-state index contributed by atoms with van der Waals surface area (Å²) in [5, 5.41) is 0. The summed E-state index contributed by atoms with van der Waals surface area (Å²) >= 11 is 0. The van der Waals surface area contributed by atoms with Crippen LogP contribution in [-0.4, -0.2) is 5.78 Å². The first-order valence-corrected chi connectivity index (χ1v) is 7.16. The van der Waals surface area contributed by atoms with Crippen LogP contribution >= 0.6 is 0 Å². The van der Waals surface area contributed by atoms with Gasteiger partial charge in [-0.05, 0) is 18.3 Å². The van der Waals surface area contributed by atoms with Crippen LogP contribution in [0, 0.1) is 17.8 Å². The van der Waals surface area contributed by atoms with Crippen LogP contribution in [0.15, 0.2) is 0 Å². The van der Waals surface area contributed by atoms with Gasteiger partial charge in [-0.1, -0.05) is 59.3 Å². The molecule has 0 spiro atoms. The summed E-state index contributed by atoms with van der Waals surface area (Å²) in [5.41, 5.74) is 0. The van der Waals surface area contributed by atoms with Crippen LogP contribution in [0.25, 0.3) is 0 Å². The second-order valence-corrected chi connectivity index (χ2v) is 5.81. The van der Waals surface area contributed by atoms with Crippen molar-refractivity contribution in [3.63, 3.8) is 0 Å². The molecule has 0 radical (unpaired) electrons. The molecule has 1 heteroatoms. The fraction of sp³-hybridized carbons (Fsp3) is 0.933. The number of carbonyl (C=O) groups is 1. The van der Waals surface area contributed by atoms with Gasteiger partial charge in [-0.3, -0.25) is 4.79 Å². The van der Waals surface area contributed by atoms with E-state index in [1.807, 2.05) is 13.8 Å². The normalized spacial score (nSPS) is 26.0. The lowest BCUT2D eigenvalue weighted by Crippen LogP contribution is -2.14. The van der Waals surface area contributed by atoms with E-state index >= 15 is 0 Å². The summed E-state index contributed by atoms with van der Waals surface area (Å²) in [4.78, 5) is 11.5. The van der Waals surface area contributed by atoms with E-state index in [-0.39, 0.29) is 5.92 Å². The average molecular weight is 224 g/mol. The van der Waals surface area contributed by atoms with Gasteiger partial charge in [0.1, 0.15) is 5.78 Å². The quantitative estimate of drug-likeness (QED) is 0.644. The van der Waals surface area contributed by atoms with Crippen molar-refractivity contribution in [3.8, 4) is 0 Å². The van der Waals surface area contributed by atoms with Crippen molar-refractivity contribution in [1.82, 2.24) is 0 Å². The minimum atomic E-state index is 0.232. The Bertz CT molecular complexity index is 199. The highest BCUT2D eigenvalue weighted by molar-refractivity contribution is 5.80. The Balaban J connectivity index is 2.08. The smallest absolute Gasteiger partial charge is 0.135 e. The van der Waals surface area contributed by atoms with Crippen molar-refractivity contribution < 1.29 is 4.79 Å². The highest BCUT2D eigenvalue weighted by Gasteiger charge is 2.19. The topological polar surface area (TPSA) is 17.1 Å². The molecule has 0 bridgehead atoms. The van der Waals surface area contributed by atoms with Crippen molar-refractivity contribution in [2.24, 2.45) is 17.8 Å². The Morgan fingerprint density at radius 2 is 1.69 bits per heavy atom. The standard InChI is InChI=1S/C15H28O/c1-4-13-8-10-14(11-9-13)6-5-7-15(16)12(2)3/h12-14H,4-11H2,1-3H3/t13-,14-. The summed E-state index contributed by atoms with van der Waals surface area (Å²) < 4.78 is 0. The Labute approximate surface area is 101 Å². The summed E-state index contributed by atoms with van der Waals surface area (Å²) in [5.74, 6) is 2.59. The highest BCUT2D eigenvalue weighted by atomic mass is 16.1. The second-order valence-electron chi connectivity index (χ2n) is 5.81. The Morgan fingerprint density at radius 1 is 1.12 bits per heavy atom. The Morgan fingerprint density at radius 3 is 2.19 bits per heavy atom. The minimum Gasteiger partial charge on any atom is -0.299 e. The van der Waals surface area contributed by atoms with Crippen molar-refractivity contribution >= 4 is 5.78 Å². The summed E-state index contributed by atoms with van der Waals surface area (Å²) in [6.45, 7) is 6.33. The molecular weight excluding hydrogens is 196 g/mol. The maximum absolute atomic E-state index is 11.5. The molecule has 0 heterocycles. The molecule has 0 aromatic rings. The molecule has 1 fully saturated rings. The van der Waals surface area contributed by atoms with E-state index in [0.717, 1.165) is 24.7 Å². The molecule has 0 N–H and O–H groups in total. The van der Waals surface area contributed by atoms with Crippen LogP contribution in [0.3, 0.4) is 0 Å². The monoisotopic (exact) mass is 224 g/mol. The lowest BCUT2D eigenvalue weighted by molar-refractivity contribution is -0.122. The first kappa shape index (κ1) is 13.7. The first-order valence-electron chi connectivity index (χ1n) is 7.16. The average Bonchev–Trinajstić information content (AvgIpc) is 2.29. The molecule has 0 amide bonds. The second kappa shape index (κ2) is 7.09. The number of ketones is 1. The van der Waals surface area contributed by atoms with Gasteiger partial charge in [0.25, 0.3) is 0 Å².